The predicted molar refractivity (Wildman–Crippen MR) is 112 cm³/mol. The van der Waals surface area contributed by atoms with E-state index in [1.54, 1.807) is 32.0 Å². The molecule has 4 rings (SSSR count). The Morgan fingerprint density at radius 2 is 1.90 bits per heavy atom. The SMILES string of the molecule is Cc1cc(NC(=O)C(C)Sc2nnc(-c3ccccc3)n2-c2ccc(F)cc2F)on1. The molecule has 10 heteroatoms. The highest BCUT2D eigenvalue weighted by Gasteiger charge is 2.24. The summed E-state index contributed by atoms with van der Waals surface area (Å²) in [5.74, 6) is -1.22. The highest BCUT2D eigenvalue weighted by Crippen LogP contribution is 2.31. The number of carbonyl (C=O) groups excluding carboxylic acids is 1. The van der Waals surface area contributed by atoms with Crippen molar-refractivity contribution in [2.24, 2.45) is 0 Å². The monoisotopic (exact) mass is 441 g/mol. The largest absolute Gasteiger partial charge is 0.338 e. The van der Waals surface area contributed by atoms with E-state index in [1.165, 1.54) is 10.6 Å². The van der Waals surface area contributed by atoms with Gasteiger partial charge in [0, 0.05) is 17.7 Å². The molecule has 0 aliphatic rings. The average Bonchev–Trinajstić information content (AvgIpc) is 3.34. The molecule has 0 fully saturated rings. The summed E-state index contributed by atoms with van der Waals surface area (Å²) in [6.45, 7) is 3.41. The Hall–Kier alpha value is -3.53. The van der Waals surface area contributed by atoms with Crippen molar-refractivity contribution in [2.75, 3.05) is 5.32 Å². The van der Waals surface area contributed by atoms with Gasteiger partial charge in [0.1, 0.15) is 11.6 Å². The third kappa shape index (κ3) is 4.48. The van der Waals surface area contributed by atoms with Gasteiger partial charge in [-0.05, 0) is 26.0 Å². The fourth-order valence-electron chi connectivity index (χ4n) is 2.86. The lowest BCUT2D eigenvalue weighted by Gasteiger charge is -2.14. The number of nitrogens with zero attached hydrogens (tertiary/aromatic N) is 4. The molecule has 2 aromatic heterocycles. The standard InChI is InChI=1S/C21H17F2N5O2S/c1-12-10-18(30-27-12)24-20(29)13(2)31-21-26-25-19(14-6-4-3-5-7-14)28(21)17-9-8-15(22)11-16(17)23/h3-11,13H,1-2H3,(H,24,29). The van der Waals surface area contributed by atoms with Crippen molar-refractivity contribution >= 4 is 23.6 Å². The van der Waals surface area contributed by atoms with Crippen molar-refractivity contribution in [1.82, 2.24) is 19.9 Å². The lowest BCUT2D eigenvalue weighted by molar-refractivity contribution is -0.115. The van der Waals surface area contributed by atoms with Crippen LogP contribution in [0.4, 0.5) is 14.7 Å². The number of aromatic nitrogens is 4. The van der Waals surface area contributed by atoms with Gasteiger partial charge in [-0.1, -0.05) is 47.3 Å². The number of anilines is 1. The summed E-state index contributed by atoms with van der Waals surface area (Å²) >= 11 is 1.08. The van der Waals surface area contributed by atoms with Gasteiger partial charge in [-0.15, -0.1) is 10.2 Å². The lowest BCUT2D eigenvalue weighted by Crippen LogP contribution is -2.22. The second kappa shape index (κ2) is 8.68. The number of halogens is 2. The van der Waals surface area contributed by atoms with Gasteiger partial charge in [0.2, 0.25) is 11.8 Å². The second-order valence-electron chi connectivity index (χ2n) is 6.69. The van der Waals surface area contributed by atoms with Gasteiger partial charge in [0.15, 0.2) is 11.0 Å². The van der Waals surface area contributed by atoms with Crippen LogP contribution in [0.2, 0.25) is 0 Å². The minimum absolute atomic E-state index is 0.0752. The van der Waals surface area contributed by atoms with E-state index in [-0.39, 0.29) is 22.6 Å². The van der Waals surface area contributed by atoms with Crippen LogP contribution in [-0.4, -0.2) is 31.1 Å². The molecule has 1 unspecified atom stereocenters. The Kier molecular flexibility index (Phi) is 5.81. The summed E-state index contributed by atoms with van der Waals surface area (Å²) in [7, 11) is 0. The summed E-state index contributed by atoms with van der Waals surface area (Å²) in [6, 6.07) is 13.9. The number of nitrogens with one attached hydrogen (secondary N) is 1. The Labute approximate surface area is 180 Å². The average molecular weight is 441 g/mol. The van der Waals surface area contributed by atoms with Gasteiger partial charge < -0.3 is 4.52 Å². The first kappa shape index (κ1) is 20.7. The number of thioether (sulfide) groups is 1. The molecule has 0 aliphatic carbocycles. The van der Waals surface area contributed by atoms with Crippen LogP contribution in [0.5, 0.6) is 0 Å². The van der Waals surface area contributed by atoms with Crippen LogP contribution in [0.15, 0.2) is 64.3 Å². The molecule has 0 saturated carbocycles. The summed E-state index contributed by atoms with van der Waals surface area (Å²) in [4.78, 5) is 12.6. The van der Waals surface area contributed by atoms with E-state index in [4.69, 9.17) is 4.52 Å². The summed E-state index contributed by atoms with van der Waals surface area (Å²) in [5.41, 5.74) is 1.40. The maximum atomic E-state index is 14.7. The lowest BCUT2D eigenvalue weighted by atomic mass is 10.2. The first-order chi connectivity index (χ1) is 14.9. The first-order valence-corrected chi connectivity index (χ1v) is 10.2. The Morgan fingerprint density at radius 3 is 2.58 bits per heavy atom. The number of amides is 1. The van der Waals surface area contributed by atoms with E-state index >= 15 is 0 Å². The van der Waals surface area contributed by atoms with Crippen LogP contribution < -0.4 is 5.32 Å². The van der Waals surface area contributed by atoms with Crippen LogP contribution in [0, 0.1) is 18.6 Å². The van der Waals surface area contributed by atoms with Crippen molar-refractivity contribution in [3.05, 3.63) is 71.9 Å². The quantitative estimate of drug-likeness (QED) is 0.439. The van der Waals surface area contributed by atoms with Crippen molar-refractivity contribution in [1.29, 1.82) is 0 Å². The normalized spacial score (nSPS) is 12.0. The highest BCUT2D eigenvalue weighted by molar-refractivity contribution is 8.00. The zero-order valence-electron chi connectivity index (χ0n) is 16.5. The molecular formula is C21H17F2N5O2S. The van der Waals surface area contributed by atoms with Gasteiger partial charge in [-0.3, -0.25) is 14.7 Å². The zero-order chi connectivity index (χ0) is 22.0. The number of carbonyl (C=O) groups is 1. The zero-order valence-corrected chi connectivity index (χ0v) is 17.4. The molecule has 0 radical (unpaired) electrons. The third-order valence-electron chi connectivity index (χ3n) is 4.34. The topological polar surface area (TPSA) is 85.8 Å². The van der Waals surface area contributed by atoms with Crippen molar-refractivity contribution in [2.45, 2.75) is 24.3 Å². The Morgan fingerprint density at radius 1 is 1.13 bits per heavy atom. The Balaban J connectivity index is 1.69. The molecular weight excluding hydrogens is 424 g/mol. The molecule has 4 aromatic rings. The van der Waals surface area contributed by atoms with Crippen molar-refractivity contribution < 1.29 is 18.1 Å². The molecule has 1 N–H and O–H groups in total. The molecule has 0 bridgehead atoms. The van der Waals surface area contributed by atoms with Gasteiger partial charge in [-0.2, -0.15) is 0 Å². The van der Waals surface area contributed by atoms with E-state index in [9.17, 15) is 13.6 Å². The van der Waals surface area contributed by atoms with E-state index < -0.39 is 16.9 Å². The van der Waals surface area contributed by atoms with E-state index in [1.807, 2.05) is 18.2 Å². The van der Waals surface area contributed by atoms with E-state index in [2.05, 4.69) is 20.7 Å². The van der Waals surface area contributed by atoms with Gasteiger partial charge >= 0.3 is 0 Å². The molecule has 0 spiro atoms. The number of benzene rings is 2. The number of hydrogen-bond donors (Lipinski definition) is 1. The number of aryl methyl sites for hydroxylation is 1. The van der Waals surface area contributed by atoms with Crippen molar-refractivity contribution in [3.8, 4) is 17.1 Å². The van der Waals surface area contributed by atoms with Crippen LogP contribution in [0.3, 0.4) is 0 Å². The molecule has 1 amide bonds. The first-order valence-electron chi connectivity index (χ1n) is 9.29. The van der Waals surface area contributed by atoms with Crippen LogP contribution in [0.1, 0.15) is 12.6 Å². The maximum Gasteiger partial charge on any atom is 0.240 e. The van der Waals surface area contributed by atoms with Crippen molar-refractivity contribution in [3.63, 3.8) is 0 Å². The molecule has 0 aliphatic heterocycles. The Bertz CT molecular complexity index is 1230. The van der Waals surface area contributed by atoms with Crippen LogP contribution in [-0.2, 0) is 4.79 Å². The summed E-state index contributed by atoms with van der Waals surface area (Å²) < 4.78 is 34.6. The summed E-state index contributed by atoms with van der Waals surface area (Å²) in [6.07, 6.45) is 0. The smallest absolute Gasteiger partial charge is 0.240 e. The fraction of sp³-hybridized carbons (Fsp3) is 0.143. The van der Waals surface area contributed by atoms with E-state index in [0.717, 1.165) is 23.9 Å². The van der Waals surface area contributed by atoms with E-state index in [0.29, 0.717) is 17.1 Å². The van der Waals surface area contributed by atoms with Gasteiger partial charge in [0.25, 0.3) is 0 Å². The molecule has 158 valence electrons. The number of hydrogen-bond acceptors (Lipinski definition) is 6. The minimum Gasteiger partial charge on any atom is -0.338 e. The fourth-order valence-corrected chi connectivity index (χ4v) is 3.72. The third-order valence-corrected chi connectivity index (χ3v) is 5.38. The highest BCUT2D eigenvalue weighted by atomic mass is 32.2. The molecule has 1 atom stereocenters. The second-order valence-corrected chi connectivity index (χ2v) is 7.99. The molecule has 2 aromatic carbocycles. The molecule has 0 saturated heterocycles. The van der Waals surface area contributed by atoms with Gasteiger partial charge in [-0.25, -0.2) is 8.78 Å². The number of rotatable bonds is 6. The van der Waals surface area contributed by atoms with Gasteiger partial charge in [0.05, 0.1) is 16.6 Å². The summed E-state index contributed by atoms with van der Waals surface area (Å²) in [5, 5.41) is 14.4. The predicted octanol–water partition coefficient (Wildman–Crippen LogP) is 4.63. The van der Waals surface area contributed by atoms with Crippen LogP contribution >= 0.6 is 11.8 Å². The molecule has 2 heterocycles. The molecule has 7 nitrogen and oxygen atoms in total. The van der Waals surface area contributed by atoms with Crippen LogP contribution in [0.25, 0.3) is 17.1 Å². The maximum absolute atomic E-state index is 14.7. The molecule has 31 heavy (non-hydrogen) atoms. The minimum atomic E-state index is -0.770.